The second-order valence-corrected chi connectivity index (χ2v) is 8.43. The molecule has 4 rings (SSSR count). The van der Waals surface area contributed by atoms with Crippen molar-refractivity contribution in [2.75, 3.05) is 13.7 Å². The number of nitrogens with zero attached hydrogens (tertiary/aromatic N) is 2. The van der Waals surface area contributed by atoms with Crippen molar-refractivity contribution in [1.82, 2.24) is 15.1 Å². The lowest BCUT2D eigenvalue weighted by Gasteiger charge is -2.32. The normalized spacial score (nSPS) is 17.4. The van der Waals surface area contributed by atoms with Crippen LogP contribution in [0, 0.1) is 6.92 Å². The number of fused-ring (bicyclic) bond motifs is 1. The summed E-state index contributed by atoms with van der Waals surface area (Å²) in [5.74, 6) is 0.355. The first-order valence-corrected chi connectivity index (χ1v) is 11.1. The van der Waals surface area contributed by atoms with Gasteiger partial charge in [-0.2, -0.15) is 5.10 Å². The molecule has 1 aliphatic carbocycles. The SMILES string of the molecule is CCOc1ccc([C@@H]2c3c(C)nn(C)c3CC(=O)[C@H]2NC(=O)c2ccc(Cl)cc2)cc1OC. The topological polar surface area (TPSA) is 82.5 Å². The molecular weight excluding hydrogens is 442 g/mol. The van der Waals surface area contributed by atoms with Gasteiger partial charge in [0.25, 0.3) is 5.91 Å². The van der Waals surface area contributed by atoms with Gasteiger partial charge >= 0.3 is 0 Å². The van der Waals surface area contributed by atoms with E-state index in [1.807, 2.05) is 39.1 Å². The summed E-state index contributed by atoms with van der Waals surface area (Å²) in [5, 5.41) is 8.06. The molecule has 0 bridgehead atoms. The maximum atomic E-state index is 13.3. The van der Waals surface area contributed by atoms with Gasteiger partial charge < -0.3 is 14.8 Å². The van der Waals surface area contributed by atoms with E-state index in [0.717, 1.165) is 22.5 Å². The molecule has 7 nitrogen and oxygen atoms in total. The molecule has 1 N–H and O–H groups in total. The molecule has 1 aliphatic rings. The summed E-state index contributed by atoms with van der Waals surface area (Å²) in [6.45, 7) is 4.33. The van der Waals surface area contributed by atoms with Gasteiger partial charge in [0.1, 0.15) is 0 Å². The van der Waals surface area contributed by atoms with E-state index in [0.29, 0.717) is 28.7 Å². The number of carbonyl (C=O) groups is 2. The molecule has 8 heteroatoms. The fourth-order valence-electron chi connectivity index (χ4n) is 4.47. The number of amides is 1. The summed E-state index contributed by atoms with van der Waals surface area (Å²) in [4.78, 5) is 26.4. The number of hydrogen-bond acceptors (Lipinski definition) is 5. The number of nitrogens with one attached hydrogen (secondary N) is 1. The minimum atomic E-state index is -0.758. The lowest BCUT2D eigenvalue weighted by atomic mass is 9.76. The number of hydrogen-bond donors (Lipinski definition) is 1. The van der Waals surface area contributed by atoms with Gasteiger partial charge in [-0.05, 0) is 55.8 Å². The quantitative estimate of drug-likeness (QED) is 0.595. The Morgan fingerprint density at radius 3 is 2.61 bits per heavy atom. The number of aryl methyl sites for hydroxylation is 2. The minimum absolute atomic E-state index is 0.0781. The Hall–Kier alpha value is -3.32. The molecule has 0 saturated carbocycles. The lowest BCUT2D eigenvalue weighted by Crippen LogP contribution is -2.48. The average Bonchev–Trinajstić information content (AvgIpc) is 3.08. The molecule has 0 unspecified atom stereocenters. The molecule has 2 aromatic carbocycles. The van der Waals surface area contributed by atoms with Crippen molar-refractivity contribution in [1.29, 1.82) is 0 Å². The van der Waals surface area contributed by atoms with E-state index in [9.17, 15) is 9.59 Å². The van der Waals surface area contributed by atoms with Gasteiger partial charge in [-0.1, -0.05) is 17.7 Å². The number of ether oxygens (including phenoxy) is 2. The second kappa shape index (κ2) is 9.27. The van der Waals surface area contributed by atoms with E-state index in [1.165, 1.54) is 0 Å². The monoisotopic (exact) mass is 467 g/mol. The van der Waals surface area contributed by atoms with Crippen molar-refractivity contribution >= 4 is 23.3 Å². The van der Waals surface area contributed by atoms with Gasteiger partial charge in [0.05, 0.1) is 31.9 Å². The van der Waals surface area contributed by atoms with Gasteiger partial charge in [-0.15, -0.1) is 0 Å². The van der Waals surface area contributed by atoms with Crippen molar-refractivity contribution in [2.24, 2.45) is 7.05 Å². The third-order valence-corrected chi connectivity index (χ3v) is 6.22. The van der Waals surface area contributed by atoms with E-state index in [2.05, 4.69) is 10.4 Å². The predicted octanol–water partition coefficient (Wildman–Crippen LogP) is 3.84. The molecule has 1 amide bonds. The highest BCUT2D eigenvalue weighted by molar-refractivity contribution is 6.30. The molecule has 0 spiro atoms. The van der Waals surface area contributed by atoms with E-state index >= 15 is 0 Å². The van der Waals surface area contributed by atoms with E-state index < -0.39 is 12.0 Å². The summed E-state index contributed by atoms with van der Waals surface area (Å²) in [6, 6.07) is 11.4. The van der Waals surface area contributed by atoms with Crippen LogP contribution in [-0.4, -0.2) is 41.2 Å². The number of Topliss-reactive ketones (excluding diaryl/α,β-unsaturated/α-hetero) is 1. The number of carbonyl (C=O) groups excluding carboxylic acids is 2. The van der Waals surface area contributed by atoms with E-state index in [1.54, 1.807) is 36.1 Å². The second-order valence-electron chi connectivity index (χ2n) is 7.99. The number of methoxy groups -OCH3 is 1. The standard InChI is InChI=1S/C25H26ClN3O4/c1-5-33-20-11-8-16(12-21(20)32-4)23-22-14(2)28-29(3)18(22)13-19(30)24(23)27-25(31)15-6-9-17(26)10-7-15/h6-12,23-24H,5,13H2,1-4H3,(H,27,31)/t23-,24-/m1/s1. The largest absolute Gasteiger partial charge is 0.493 e. The van der Waals surface area contributed by atoms with Gasteiger partial charge in [0.15, 0.2) is 17.3 Å². The van der Waals surface area contributed by atoms with Crippen LogP contribution in [0.15, 0.2) is 42.5 Å². The fourth-order valence-corrected chi connectivity index (χ4v) is 4.59. The zero-order valence-electron chi connectivity index (χ0n) is 19.0. The highest BCUT2D eigenvalue weighted by atomic mass is 35.5. The highest BCUT2D eigenvalue weighted by Gasteiger charge is 2.41. The Morgan fingerprint density at radius 1 is 1.21 bits per heavy atom. The van der Waals surface area contributed by atoms with Crippen LogP contribution < -0.4 is 14.8 Å². The molecule has 1 heterocycles. The van der Waals surface area contributed by atoms with Gasteiger partial charge in [0.2, 0.25) is 0 Å². The zero-order valence-corrected chi connectivity index (χ0v) is 19.8. The Labute approximate surface area is 197 Å². The Morgan fingerprint density at radius 2 is 1.94 bits per heavy atom. The van der Waals surface area contributed by atoms with Crippen molar-refractivity contribution in [2.45, 2.75) is 32.2 Å². The Balaban J connectivity index is 1.79. The Kier molecular flexibility index (Phi) is 6.42. The first-order valence-electron chi connectivity index (χ1n) is 10.8. The van der Waals surface area contributed by atoms with Crippen LogP contribution in [0.3, 0.4) is 0 Å². The molecule has 2 atom stereocenters. The smallest absolute Gasteiger partial charge is 0.251 e. The van der Waals surface area contributed by atoms with E-state index in [4.69, 9.17) is 21.1 Å². The number of rotatable bonds is 6. The first-order chi connectivity index (χ1) is 15.8. The summed E-state index contributed by atoms with van der Waals surface area (Å²) < 4.78 is 13.0. The molecule has 0 saturated heterocycles. The maximum Gasteiger partial charge on any atom is 0.251 e. The Bertz CT molecular complexity index is 1200. The molecule has 3 aromatic rings. The maximum absolute atomic E-state index is 13.3. The molecule has 0 aliphatic heterocycles. The van der Waals surface area contributed by atoms with Crippen LogP contribution in [0.5, 0.6) is 11.5 Å². The minimum Gasteiger partial charge on any atom is -0.493 e. The van der Waals surface area contributed by atoms with Crippen molar-refractivity contribution in [3.63, 3.8) is 0 Å². The molecular formula is C25H26ClN3O4. The van der Waals surface area contributed by atoms with Crippen LogP contribution >= 0.6 is 11.6 Å². The van der Waals surface area contributed by atoms with Crippen LogP contribution in [0.25, 0.3) is 0 Å². The van der Waals surface area contributed by atoms with Gasteiger partial charge in [0, 0.05) is 34.8 Å². The molecule has 0 fully saturated rings. The highest BCUT2D eigenvalue weighted by Crippen LogP contribution is 2.40. The summed E-state index contributed by atoms with van der Waals surface area (Å²) in [5.41, 5.74) is 3.90. The number of ketones is 1. The number of benzene rings is 2. The predicted molar refractivity (Wildman–Crippen MR) is 125 cm³/mol. The molecule has 1 aromatic heterocycles. The van der Waals surface area contributed by atoms with Crippen molar-refractivity contribution in [3.05, 3.63) is 75.6 Å². The summed E-state index contributed by atoms with van der Waals surface area (Å²) in [7, 11) is 3.41. The average molecular weight is 468 g/mol. The van der Waals surface area contributed by atoms with E-state index in [-0.39, 0.29) is 18.1 Å². The van der Waals surface area contributed by atoms with Crippen molar-refractivity contribution < 1.29 is 19.1 Å². The third kappa shape index (κ3) is 4.33. The molecule has 172 valence electrons. The number of aromatic nitrogens is 2. The van der Waals surface area contributed by atoms with Crippen molar-refractivity contribution in [3.8, 4) is 11.5 Å². The van der Waals surface area contributed by atoms with Crippen LogP contribution in [-0.2, 0) is 18.3 Å². The summed E-state index contributed by atoms with van der Waals surface area (Å²) >= 11 is 5.96. The van der Waals surface area contributed by atoms with Crippen LogP contribution in [0.4, 0.5) is 0 Å². The number of halogens is 1. The van der Waals surface area contributed by atoms with Gasteiger partial charge in [-0.25, -0.2) is 0 Å². The molecule has 0 radical (unpaired) electrons. The van der Waals surface area contributed by atoms with Crippen LogP contribution in [0.2, 0.25) is 5.02 Å². The molecule has 33 heavy (non-hydrogen) atoms. The lowest BCUT2D eigenvalue weighted by molar-refractivity contribution is -0.121. The first kappa shape index (κ1) is 22.9. The van der Waals surface area contributed by atoms with Crippen LogP contribution in [0.1, 0.15) is 45.7 Å². The fraction of sp³-hybridized carbons (Fsp3) is 0.320. The van der Waals surface area contributed by atoms with Gasteiger partial charge in [-0.3, -0.25) is 14.3 Å². The summed E-state index contributed by atoms with van der Waals surface area (Å²) in [6.07, 6.45) is 0.197. The third-order valence-electron chi connectivity index (χ3n) is 5.96. The zero-order chi connectivity index (χ0) is 23.7.